The van der Waals surface area contributed by atoms with Crippen LogP contribution in [0.4, 0.5) is 0 Å². The highest BCUT2D eigenvalue weighted by atomic mass is 32.2. The minimum Gasteiger partial charge on any atom is -0.310 e. The number of hydrogen-bond acceptors (Lipinski definition) is 3. The molecule has 0 amide bonds. The molecule has 0 saturated heterocycles. The van der Waals surface area contributed by atoms with E-state index < -0.39 is 0 Å². The van der Waals surface area contributed by atoms with Crippen molar-refractivity contribution in [1.29, 1.82) is 0 Å². The molecule has 0 bridgehead atoms. The normalized spacial score (nSPS) is 14.2. The van der Waals surface area contributed by atoms with Gasteiger partial charge in [-0.15, -0.1) is 0 Å². The van der Waals surface area contributed by atoms with Gasteiger partial charge < -0.3 is 4.98 Å². The number of benzene rings is 1. The summed E-state index contributed by atoms with van der Waals surface area (Å²) in [5.74, 6) is 2.63. The zero-order valence-electron chi connectivity index (χ0n) is 9.98. The maximum atomic E-state index is 12.0. The van der Waals surface area contributed by atoms with E-state index in [-0.39, 0.29) is 5.56 Å². The fraction of sp³-hybridized carbons (Fsp3) is 0.286. The lowest BCUT2D eigenvalue weighted by molar-refractivity contribution is 0.859. The molecule has 4 heteroatoms. The van der Waals surface area contributed by atoms with Gasteiger partial charge >= 0.3 is 0 Å². The van der Waals surface area contributed by atoms with Crippen LogP contribution in [0.2, 0.25) is 0 Å². The van der Waals surface area contributed by atoms with Crippen LogP contribution < -0.4 is 5.56 Å². The molecule has 0 unspecified atom stereocenters. The second kappa shape index (κ2) is 4.98. The molecule has 0 aliphatic carbocycles. The van der Waals surface area contributed by atoms with Gasteiger partial charge in [0.05, 0.1) is 5.69 Å². The van der Waals surface area contributed by atoms with Crippen LogP contribution in [-0.4, -0.2) is 15.7 Å². The SMILES string of the molecule is O=c1[nH]c(Cc2ccccc2)nc2c1CSCC2. The molecule has 1 aromatic heterocycles. The number of nitrogens with zero attached hydrogens (tertiary/aromatic N) is 1. The largest absolute Gasteiger partial charge is 0.310 e. The summed E-state index contributed by atoms with van der Waals surface area (Å²) in [5.41, 5.74) is 3.07. The van der Waals surface area contributed by atoms with Crippen molar-refractivity contribution in [2.24, 2.45) is 0 Å². The van der Waals surface area contributed by atoms with Gasteiger partial charge in [0.25, 0.3) is 5.56 Å². The average molecular weight is 258 g/mol. The Labute approximate surface area is 110 Å². The number of aromatic amines is 1. The minimum atomic E-state index is 0.0399. The topological polar surface area (TPSA) is 45.8 Å². The summed E-state index contributed by atoms with van der Waals surface area (Å²) >= 11 is 1.80. The molecule has 0 radical (unpaired) electrons. The van der Waals surface area contributed by atoms with E-state index in [1.807, 2.05) is 18.2 Å². The Bertz CT molecular complexity index is 607. The maximum absolute atomic E-state index is 12.0. The highest BCUT2D eigenvalue weighted by molar-refractivity contribution is 7.98. The number of rotatable bonds is 2. The molecule has 2 aromatic rings. The van der Waals surface area contributed by atoms with Gasteiger partial charge in [-0.25, -0.2) is 4.98 Å². The lowest BCUT2D eigenvalue weighted by atomic mass is 10.1. The van der Waals surface area contributed by atoms with Gasteiger partial charge in [-0.1, -0.05) is 30.3 Å². The molecule has 0 spiro atoms. The molecule has 3 rings (SSSR count). The zero-order chi connectivity index (χ0) is 12.4. The van der Waals surface area contributed by atoms with Crippen molar-refractivity contribution in [3.8, 4) is 0 Å². The molecule has 0 fully saturated rings. The van der Waals surface area contributed by atoms with Gasteiger partial charge in [-0.05, 0) is 17.7 Å². The van der Waals surface area contributed by atoms with E-state index in [2.05, 4.69) is 22.1 Å². The first-order valence-corrected chi connectivity index (χ1v) is 7.21. The lowest BCUT2D eigenvalue weighted by Crippen LogP contribution is -2.22. The molecule has 1 aliphatic rings. The third-order valence-corrected chi connectivity index (χ3v) is 4.08. The molecule has 92 valence electrons. The Balaban J connectivity index is 1.94. The highest BCUT2D eigenvalue weighted by Gasteiger charge is 2.15. The Morgan fingerprint density at radius 1 is 1.28 bits per heavy atom. The fourth-order valence-electron chi connectivity index (χ4n) is 2.17. The number of nitrogens with one attached hydrogen (secondary N) is 1. The molecule has 18 heavy (non-hydrogen) atoms. The van der Waals surface area contributed by atoms with Crippen molar-refractivity contribution in [1.82, 2.24) is 9.97 Å². The Hall–Kier alpha value is -1.55. The van der Waals surface area contributed by atoms with Crippen LogP contribution in [0.15, 0.2) is 35.1 Å². The molecule has 2 heterocycles. The molecule has 3 nitrogen and oxygen atoms in total. The Morgan fingerprint density at radius 2 is 2.11 bits per heavy atom. The summed E-state index contributed by atoms with van der Waals surface area (Å²) in [6.45, 7) is 0. The predicted octanol–water partition coefficient (Wildman–Crippen LogP) is 2.15. The summed E-state index contributed by atoms with van der Waals surface area (Å²) < 4.78 is 0. The summed E-state index contributed by atoms with van der Waals surface area (Å²) in [6.07, 6.45) is 1.60. The first-order valence-electron chi connectivity index (χ1n) is 6.05. The second-order valence-electron chi connectivity index (χ2n) is 4.40. The fourth-order valence-corrected chi connectivity index (χ4v) is 3.15. The molecular formula is C14H14N2OS. The Morgan fingerprint density at radius 3 is 2.94 bits per heavy atom. The van der Waals surface area contributed by atoms with E-state index in [0.717, 1.165) is 35.0 Å². The van der Waals surface area contributed by atoms with E-state index in [4.69, 9.17) is 0 Å². The molecule has 1 N–H and O–H groups in total. The van der Waals surface area contributed by atoms with E-state index >= 15 is 0 Å². The van der Waals surface area contributed by atoms with Gasteiger partial charge in [-0.2, -0.15) is 11.8 Å². The minimum absolute atomic E-state index is 0.0399. The van der Waals surface area contributed by atoms with Crippen molar-refractivity contribution in [2.45, 2.75) is 18.6 Å². The molecule has 0 atom stereocenters. The average Bonchev–Trinajstić information content (AvgIpc) is 2.40. The molecule has 1 aliphatic heterocycles. The lowest BCUT2D eigenvalue weighted by Gasteiger charge is -2.14. The summed E-state index contributed by atoms with van der Waals surface area (Å²) in [5, 5.41) is 0. The highest BCUT2D eigenvalue weighted by Crippen LogP contribution is 2.20. The summed E-state index contributed by atoms with van der Waals surface area (Å²) in [6, 6.07) is 10.1. The molecular weight excluding hydrogens is 244 g/mol. The number of thioether (sulfide) groups is 1. The van der Waals surface area contributed by atoms with E-state index in [1.165, 1.54) is 5.56 Å². The number of fused-ring (bicyclic) bond motifs is 1. The Kier molecular flexibility index (Phi) is 3.19. The van der Waals surface area contributed by atoms with Crippen LogP contribution in [0.5, 0.6) is 0 Å². The third-order valence-electron chi connectivity index (χ3n) is 3.09. The standard InChI is InChI=1S/C14H14N2OS/c17-14-11-9-18-7-6-12(11)15-13(16-14)8-10-4-2-1-3-5-10/h1-5H,6-9H2,(H,15,16,17). The van der Waals surface area contributed by atoms with Gasteiger partial charge in [0.2, 0.25) is 0 Å². The number of hydrogen-bond donors (Lipinski definition) is 1. The zero-order valence-corrected chi connectivity index (χ0v) is 10.8. The van der Waals surface area contributed by atoms with Crippen molar-refractivity contribution in [3.63, 3.8) is 0 Å². The molecule has 1 aromatic carbocycles. The van der Waals surface area contributed by atoms with E-state index in [9.17, 15) is 4.79 Å². The number of aromatic nitrogens is 2. The predicted molar refractivity (Wildman–Crippen MR) is 74.0 cm³/mol. The van der Waals surface area contributed by atoms with Crippen molar-refractivity contribution in [3.05, 3.63) is 63.3 Å². The van der Waals surface area contributed by atoms with E-state index in [1.54, 1.807) is 11.8 Å². The van der Waals surface area contributed by atoms with Crippen LogP contribution in [0, 0.1) is 0 Å². The first kappa shape index (κ1) is 11.5. The molecule has 0 saturated carbocycles. The van der Waals surface area contributed by atoms with Crippen LogP contribution in [0.1, 0.15) is 22.6 Å². The van der Waals surface area contributed by atoms with Crippen LogP contribution in [0.25, 0.3) is 0 Å². The van der Waals surface area contributed by atoms with Gasteiger partial charge in [0.15, 0.2) is 0 Å². The summed E-state index contributed by atoms with van der Waals surface area (Å²) in [7, 11) is 0. The third kappa shape index (κ3) is 2.34. The quantitative estimate of drug-likeness (QED) is 0.897. The smallest absolute Gasteiger partial charge is 0.255 e. The van der Waals surface area contributed by atoms with Crippen LogP contribution >= 0.6 is 11.8 Å². The van der Waals surface area contributed by atoms with Crippen molar-refractivity contribution in [2.75, 3.05) is 5.75 Å². The number of H-pyrrole nitrogens is 1. The van der Waals surface area contributed by atoms with Gasteiger partial charge in [0.1, 0.15) is 5.82 Å². The van der Waals surface area contributed by atoms with Gasteiger partial charge in [0, 0.05) is 17.7 Å². The van der Waals surface area contributed by atoms with Crippen molar-refractivity contribution >= 4 is 11.8 Å². The van der Waals surface area contributed by atoms with Crippen LogP contribution in [-0.2, 0) is 18.6 Å². The monoisotopic (exact) mass is 258 g/mol. The van der Waals surface area contributed by atoms with E-state index in [0.29, 0.717) is 6.42 Å². The maximum Gasteiger partial charge on any atom is 0.255 e. The summed E-state index contributed by atoms with van der Waals surface area (Å²) in [4.78, 5) is 19.5. The van der Waals surface area contributed by atoms with Gasteiger partial charge in [-0.3, -0.25) is 4.79 Å². The second-order valence-corrected chi connectivity index (χ2v) is 5.51. The van der Waals surface area contributed by atoms with Crippen molar-refractivity contribution < 1.29 is 0 Å². The first-order chi connectivity index (χ1) is 8.83. The number of aryl methyl sites for hydroxylation is 1. The van der Waals surface area contributed by atoms with Crippen LogP contribution in [0.3, 0.4) is 0 Å².